The van der Waals surface area contributed by atoms with Crippen molar-refractivity contribution in [3.8, 4) is 11.5 Å². The second-order valence-corrected chi connectivity index (χ2v) is 9.00. The van der Waals surface area contributed by atoms with Gasteiger partial charge in [0.2, 0.25) is 0 Å². The minimum atomic E-state index is -0.842. The zero-order chi connectivity index (χ0) is 25.8. The van der Waals surface area contributed by atoms with Crippen LogP contribution in [-0.2, 0) is 16.2 Å². The minimum Gasteiger partial charge on any atom is -0.489 e. The Bertz CT molecular complexity index is 1350. The fourth-order valence-electron chi connectivity index (χ4n) is 3.48. The molecule has 3 aromatic rings. The molecule has 0 radical (unpaired) electrons. The van der Waals surface area contributed by atoms with E-state index >= 15 is 0 Å². The fourth-order valence-corrected chi connectivity index (χ4v) is 3.91. The standard InChI is InChI=1S/C27H22Cl2N2O5/c1-16(2)36-24-12-7-17(14-23(24)29)13-21-25(32)30-27(34)31(26(21)33)19-8-10-20(11-9-19)35-15-18-5-3-4-6-22(18)28/h3-14,16H,15H2,1-2H3,(H,30,32,34)/b21-13+. The first-order valence-corrected chi connectivity index (χ1v) is 11.8. The highest BCUT2D eigenvalue weighted by Crippen LogP contribution is 2.29. The molecule has 184 valence electrons. The van der Waals surface area contributed by atoms with Crippen LogP contribution in [0.3, 0.4) is 0 Å². The van der Waals surface area contributed by atoms with E-state index in [0.29, 0.717) is 27.1 Å². The number of imide groups is 2. The van der Waals surface area contributed by atoms with E-state index in [1.54, 1.807) is 48.5 Å². The largest absolute Gasteiger partial charge is 0.489 e. The summed E-state index contributed by atoms with van der Waals surface area (Å²) in [6.45, 7) is 4.01. The van der Waals surface area contributed by atoms with Gasteiger partial charge in [0.05, 0.1) is 16.8 Å². The second kappa shape index (κ2) is 10.8. The highest BCUT2D eigenvalue weighted by atomic mass is 35.5. The van der Waals surface area contributed by atoms with Crippen molar-refractivity contribution in [1.82, 2.24) is 5.32 Å². The Hall–Kier alpha value is -3.81. The molecule has 1 aliphatic heterocycles. The number of rotatable bonds is 7. The lowest BCUT2D eigenvalue weighted by atomic mass is 10.1. The summed E-state index contributed by atoms with van der Waals surface area (Å²) < 4.78 is 11.4. The number of barbiturate groups is 1. The number of anilines is 1. The van der Waals surface area contributed by atoms with Crippen LogP contribution in [0.25, 0.3) is 6.08 Å². The molecule has 3 aromatic carbocycles. The number of hydrogen-bond donors (Lipinski definition) is 1. The average molecular weight is 525 g/mol. The molecule has 4 amide bonds. The van der Waals surface area contributed by atoms with Gasteiger partial charge in [-0.1, -0.05) is 47.5 Å². The van der Waals surface area contributed by atoms with Crippen LogP contribution in [0.5, 0.6) is 11.5 Å². The van der Waals surface area contributed by atoms with Crippen molar-refractivity contribution in [2.24, 2.45) is 0 Å². The summed E-state index contributed by atoms with van der Waals surface area (Å²) in [5.74, 6) is -0.540. The highest BCUT2D eigenvalue weighted by Gasteiger charge is 2.36. The van der Waals surface area contributed by atoms with Crippen LogP contribution >= 0.6 is 23.2 Å². The number of carbonyl (C=O) groups is 3. The van der Waals surface area contributed by atoms with Gasteiger partial charge >= 0.3 is 6.03 Å². The lowest BCUT2D eigenvalue weighted by Gasteiger charge is -2.26. The molecule has 1 fully saturated rings. The van der Waals surface area contributed by atoms with Gasteiger partial charge in [-0.25, -0.2) is 9.69 Å². The zero-order valence-electron chi connectivity index (χ0n) is 19.5. The molecule has 4 rings (SSSR count). The number of benzene rings is 3. The minimum absolute atomic E-state index is 0.0649. The van der Waals surface area contributed by atoms with Crippen molar-refractivity contribution in [3.05, 3.63) is 93.5 Å². The van der Waals surface area contributed by atoms with Crippen molar-refractivity contribution in [1.29, 1.82) is 0 Å². The van der Waals surface area contributed by atoms with Gasteiger partial charge in [-0.2, -0.15) is 0 Å². The molecule has 1 N–H and O–H groups in total. The van der Waals surface area contributed by atoms with E-state index in [4.69, 9.17) is 32.7 Å². The molecule has 0 saturated carbocycles. The van der Waals surface area contributed by atoms with Crippen LogP contribution in [0.15, 0.2) is 72.3 Å². The topological polar surface area (TPSA) is 84.9 Å². The van der Waals surface area contributed by atoms with Crippen molar-refractivity contribution >= 4 is 52.8 Å². The predicted molar refractivity (Wildman–Crippen MR) is 138 cm³/mol. The lowest BCUT2D eigenvalue weighted by Crippen LogP contribution is -2.54. The number of urea groups is 1. The number of ether oxygens (including phenoxy) is 2. The van der Waals surface area contributed by atoms with Crippen molar-refractivity contribution < 1.29 is 23.9 Å². The maximum atomic E-state index is 13.2. The first kappa shape index (κ1) is 25.3. The molecule has 7 nitrogen and oxygen atoms in total. The average Bonchev–Trinajstić information content (AvgIpc) is 2.83. The molecule has 36 heavy (non-hydrogen) atoms. The van der Waals surface area contributed by atoms with E-state index in [-0.39, 0.29) is 24.0 Å². The Morgan fingerprint density at radius 2 is 1.67 bits per heavy atom. The lowest BCUT2D eigenvalue weighted by molar-refractivity contribution is -0.122. The fraction of sp³-hybridized carbons (Fsp3) is 0.148. The van der Waals surface area contributed by atoms with Crippen molar-refractivity contribution in [2.75, 3.05) is 4.90 Å². The van der Waals surface area contributed by atoms with Gasteiger partial charge in [0.15, 0.2) is 0 Å². The molecule has 0 spiro atoms. The first-order valence-electron chi connectivity index (χ1n) is 11.1. The summed E-state index contributed by atoms with van der Waals surface area (Å²) in [5.41, 5.74) is 1.40. The van der Waals surface area contributed by atoms with Crippen LogP contribution < -0.4 is 19.7 Å². The van der Waals surface area contributed by atoms with Gasteiger partial charge in [0, 0.05) is 10.6 Å². The summed E-state index contributed by atoms with van der Waals surface area (Å²) >= 11 is 12.4. The summed E-state index contributed by atoms with van der Waals surface area (Å²) in [5, 5.41) is 3.13. The van der Waals surface area contributed by atoms with Gasteiger partial charge in [-0.15, -0.1) is 0 Å². The Balaban J connectivity index is 1.53. The molecular weight excluding hydrogens is 503 g/mol. The van der Waals surface area contributed by atoms with E-state index in [1.165, 1.54) is 6.08 Å². The van der Waals surface area contributed by atoms with Gasteiger partial charge in [0.25, 0.3) is 11.8 Å². The Morgan fingerprint density at radius 3 is 2.33 bits per heavy atom. The SMILES string of the molecule is CC(C)Oc1ccc(/C=C2\C(=O)NC(=O)N(c3ccc(OCc4ccccc4Cl)cc3)C2=O)cc1Cl. The zero-order valence-corrected chi connectivity index (χ0v) is 21.0. The quantitative estimate of drug-likeness (QED) is 0.301. The van der Waals surface area contributed by atoms with Gasteiger partial charge in [0.1, 0.15) is 23.7 Å². The summed E-state index contributed by atoms with van der Waals surface area (Å²) in [4.78, 5) is 39.0. The molecule has 0 aliphatic carbocycles. The van der Waals surface area contributed by atoms with E-state index in [2.05, 4.69) is 5.32 Å². The monoisotopic (exact) mass is 524 g/mol. The molecular formula is C27H22Cl2N2O5. The van der Waals surface area contributed by atoms with Gasteiger partial charge in [-0.05, 0) is 68.0 Å². The number of amides is 4. The summed E-state index contributed by atoms with van der Waals surface area (Å²) in [6, 6.07) is 17.8. The Morgan fingerprint density at radius 1 is 0.944 bits per heavy atom. The number of nitrogens with one attached hydrogen (secondary N) is 1. The second-order valence-electron chi connectivity index (χ2n) is 8.19. The first-order chi connectivity index (χ1) is 17.2. The molecule has 0 aromatic heterocycles. The summed E-state index contributed by atoms with van der Waals surface area (Å²) in [6.07, 6.45) is 1.31. The predicted octanol–water partition coefficient (Wildman–Crippen LogP) is 6.03. The highest BCUT2D eigenvalue weighted by molar-refractivity contribution is 6.39. The van der Waals surface area contributed by atoms with Gasteiger partial charge < -0.3 is 9.47 Å². The molecule has 0 bridgehead atoms. The maximum absolute atomic E-state index is 13.2. The van der Waals surface area contributed by atoms with E-state index < -0.39 is 17.8 Å². The molecule has 1 saturated heterocycles. The van der Waals surface area contributed by atoms with Crippen molar-refractivity contribution in [2.45, 2.75) is 26.6 Å². The van der Waals surface area contributed by atoms with Crippen LogP contribution in [0, 0.1) is 0 Å². The third-order valence-corrected chi connectivity index (χ3v) is 5.84. The third kappa shape index (κ3) is 5.70. The number of halogens is 2. The third-order valence-electron chi connectivity index (χ3n) is 5.18. The van der Waals surface area contributed by atoms with Crippen LogP contribution in [0.4, 0.5) is 10.5 Å². The van der Waals surface area contributed by atoms with E-state index in [1.807, 2.05) is 32.0 Å². The van der Waals surface area contributed by atoms with Gasteiger partial charge in [-0.3, -0.25) is 14.9 Å². The number of carbonyl (C=O) groups excluding carboxylic acids is 3. The molecule has 1 aliphatic rings. The van der Waals surface area contributed by atoms with Crippen LogP contribution in [0.2, 0.25) is 10.0 Å². The van der Waals surface area contributed by atoms with E-state index in [9.17, 15) is 14.4 Å². The Kier molecular flexibility index (Phi) is 7.62. The van der Waals surface area contributed by atoms with Crippen LogP contribution in [0.1, 0.15) is 25.0 Å². The van der Waals surface area contributed by atoms with Crippen molar-refractivity contribution in [3.63, 3.8) is 0 Å². The summed E-state index contributed by atoms with van der Waals surface area (Å²) in [7, 11) is 0. The maximum Gasteiger partial charge on any atom is 0.335 e. The smallest absolute Gasteiger partial charge is 0.335 e. The molecule has 0 atom stereocenters. The molecule has 1 heterocycles. The molecule has 9 heteroatoms. The molecule has 0 unspecified atom stereocenters. The Labute approximate surface area is 218 Å². The number of nitrogens with zero attached hydrogens (tertiary/aromatic N) is 1. The van der Waals surface area contributed by atoms with Crippen LogP contribution in [-0.4, -0.2) is 23.9 Å². The van der Waals surface area contributed by atoms with E-state index in [0.717, 1.165) is 10.5 Å². The number of hydrogen-bond acceptors (Lipinski definition) is 5. The normalized spacial score (nSPS) is 14.9.